The summed E-state index contributed by atoms with van der Waals surface area (Å²) < 4.78 is 46.6. The minimum absolute atomic E-state index is 0.0261. The molecule has 6 rings (SSSR count). The van der Waals surface area contributed by atoms with Gasteiger partial charge in [0.05, 0.1) is 43.4 Å². The molecule has 39 heavy (non-hydrogen) atoms. The highest BCUT2D eigenvalue weighted by molar-refractivity contribution is 5.80. The van der Waals surface area contributed by atoms with Crippen LogP contribution in [0.4, 0.5) is 14.7 Å². The van der Waals surface area contributed by atoms with Crippen LogP contribution in [0, 0.1) is 5.92 Å². The molecule has 2 aliphatic heterocycles. The first-order valence-corrected chi connectivity index (χ1v) is 13.5. The molecule has 3 aliphatic rings. The number of likely N-dealkylation sites (tertiary alicyclic amines) is 1. The van der Waals surface area contributed by atoms with Gasteiger partial charge in [0.15, 0.2) is 5.82 Å². The van der Waals surface area contributed by atoms with Gasteiger partial charge in [0.25, 0.3) is 6.43 Å². The minimum atomic E-state index is -2.80. The Balaban J connectivity index is 1.24. The number of nitrogens with zero attached hydrogens (tertiary/aromatic N) is 6. The number of methoxy groups -OCH3 is 1. The molecule has 12 heteroatoms. The molecular formula is C27H32F2N6O4. The molecule has 1 aliphatic carbocycles. The highest BCUT2D eigenvalue weighted by atomic mass is 19.3. The minimum Gasteiger partial charge on any atom is -0.470 e. The normalized spacial score (nSPS) is 22.4. The Hall–Kier alpha value is -3.38. The Bertz CT molecular complexity index is 1320. The number of imidazole rings is 1. The molecule has 0 unspecified atom stereocenters. The summed E-state index contributed by atoms with van der Waals surface area (Å²) in [5, 5.41) is 0. The van der Waals surface area contributed by atoms with Gasteiger partial charge in [-0.05, 0) is 37.8 Å². The maximum absolute atomic E-state index is 14.1. The molecule has 208 valence electrons. The number of fused-ring (bicyclic) bond motifs is 1. The number of anilines is 1. The third-order valence-electron chi connectivity index (χ3n) is 7.79. The van der Waals surface area contributed by atoms with E-state index in [9.17, 15) is 13.6 Å². The predicted octanol–water partition coefficient (Wildman–Crippen LogP) is 3.38. The van der Waals surface area contributed by atoms with E-state index in [-0.39, 0.29) is 35.7 Å². The average Bonchev–Trinajstić information content (AvgIpc) is 3.35. The number of hydrogen-bond acceptors (Lipinski definition) is 8. The van der Waals surface area contributed by atoms with E-state index >= 15 is 0 Å². The molecule has 0 N–H and O–H groups in total. The number of amides is 1. The Morgan fingerprint density at radius 1 is 1.03 bits per heavy atom. The van der Waals surface area contributed by atoms with E-state index in [2.05, 4.69) is 15.0 Å². The maximum atomic E-state index is 14.1. The van der Waals surface area contributed by atoms with E-state index < -0.39 is 12.2 Å². The fourth-order valence-electron chi connectivity index (χ4n) is 5.58. The highest BCUT2D eigenvalue weighted by Gasteiger charge is 2.37. The van der Waals surface area contributed by atoms with E-state index in [1.54, 1.807) is 37.4 Å². The maximum Gasteiger partial charge on any atom is 0.296 e. The quantitative estimate of drug-likeness (QED) is 0.449. The van der Waals surface area contributed by atoms with Crippen molar-refractivity contribution in [3.63, 3.8) is 0 Å². The largest absolute Gasteiger partial charge is 0.470 e. The SMILES string of the molecule is COC1CCC(C(=O)N2CC(Oc3cc(-n4c(C(F)F)nc5ccccc54)nc(N4CCOCC4)n3)C2)CC1. The average molecular weight is 543 g/mol. The van der Waals surface area contributed by atoms with E-state index in [1.807, 2.05) is 9.80 Å². The van der Waals surface area contributed by atoms with Crippen LogP contribution in [-0.4, -0.2) is 89.0 Å². The van der Waals surface area contributed by atoms with Gasteiger partial charge in [-0.1, -0.05) is 12.1 Å². The first kappa shape index (κ1) is 25.9. The molecule has 3 aromatic rings. The zero-order valence-corrected chi connectivity index (χ0v) is 21.8. The fourth-order valence-corrected chi connectivity index (χ4v) is 5.58. The molecule has 1 aromatic carbocycles. The summed E-state index contributed by atoms with van der Waals surface area (Å²) in [7, 11) is 1.72. The van der Waals surface area contributed by atoms with Gasteiger partial charge < -0.3 is 24.0 Å². The number of carbonyl (C=O) groups excluding carboxylic acids is 1. The van der Waals surface area contributed by atoms with Gasteiger partial charge in [0, 0.05) is 32.2 Å². The van der Waals surface area contributed by atoms with Crippen LogP contribution in [0.2, 0.25) is 0 Å². The molecule has 10 nitrogen and oxygen atoms in total. The second kappa shape index (κ2) is 11.0. The Morgan fingerprint density at radius 3 is 2.49 bits per heavy atom. The van der Waals surface area contributed by atoms with Crippen LogP contribution < -0.4 is 9.64 Å². The van der Waals surface area contributed by atoms with Crippen LogP contribution in [0.5, 0.6) is 5.88 Å². The standard InChI is InChI=1S/C27H32F2N6O4/c1-37-18-8-6-17(7-9-18)26(36)34-15-19(16-34)39-23-14-22(31-27(32-23)33-10-12-38-13-11-33)35-21-5-3-2-4-20(21)30-25(35)24(28)29/h2-5,14,17-19,24H,6-13,15-16H2,1H3. The molecule has 0 atom stereocenters. The van der Waals surface area contributed by atoms with Crippen LogP contribution >= 0.6 is 0 Å². The summed E-state index contributed by atoms with van der Waals surface area (Å²) in [6.45, 7) is 3.12. The molecule has 1 saturated carbocycles. The van der Waals surface area contributed by atoms with E-state index in [0.717, 1.165) is 25.7 Å². The van der Waals surface area contributed by atoms with Crippen molar-refractivity contribution in [2.75, 3.05) is 51.4 Å². The van der Waals surface area contributed by atoms with Crippen molar-refractivity contribution < 1.29 is 27.8 Å². The number of morpholine rings is 1. The van der Waals surface area contributed by atoms with Gasteiger partial charge in [-0.2, -0.15) is 9.97 Å². The van der Waals surface area contributed by atoms with Crippen molar-refractivity contribution in [1.29, 1.82) is 0 Å². The molecule has 4 heterocycles. The number of benzene rings is 1. The summed E-state index contributed by atoms with van der Waals surface area (Å²) in [4.78, 5) is 30.2. The smallest absolute Gasteiger partial charge is 0.296 e. The molecule has 0 radical (unpaired) electrons. The number of aromatic nitrogens is 4. The van der Waals surface area contributed by atoms with Crippen LogP contribution in [0.15, 0.2) is 30.3 Å². The molecular weight excluding hydrogens is 510 g/mol. The third kappa shape index (κ3) is 5.27. The molecule has 3 fully saturated rings. The summed E-state index contributed by atoms with van der Waals surface area (Å²) in [5.41, 5.74) is 0.975. The second-order valence-corrected chi connectivity index (χ2v) is 10.3. The molecule has 2 saturated heterocycles. The lowest BCUT2D eigenvalue weighted by molar-refractivity contribution is -0.146. The van der Waals surface area contributed by atoms with Gasteiger partial charge in [0.2, 0.25) is 17.7 Å². The predicted molar refractivity (Wildman–Crippen MR) is 138 cm³/mol. The lowest BCUT2D eigenvalue weighted by Crippen LogP contribution is -2.58. The van der Waals surface area contributed by atoms with E-state index in [1.165, 1.54) is 4.57 Å². The fraction of sp³-hybridized carbons (Fsp3) is 0.556. The van der Waals surface area contributed by atoms with Crippen molar-refractivity contribution in [3.8, 4) is 11.7 Å². The van der Waals surface area contributed by atoms with Crippen LogP contribution in [-0.2, 0) is 14.3 Å². The number of para-hydroxylation sites is 2. The van der Waals surface area contributed by atoms with Crippen molar-refractivity contribution in [3.05, 3.63) is 36.2 Å². The van der Waals surface area contributed by atoms with Gasteiger partial charge in [0.1, 0.15) is 11.9 Å². The molecule has 1 amide bonds. The first-order valence-electron chi connectivity index (χ1n) is 13.5. The zero-order valence-electron chi connectivity index (χ0n) is 21.8. The monoisotopic (exact) mass is 542 g/mol. The number of ether oxygens (including phenoxy) is 3. The highest BCUT2D eigenvalue weighted by Crippen LogP contribution is 2.32. The van der Waals surface area contributed by atoms with Gasteiger partial charge in [-0.25, -0.2) is 13.8 Å². The van der Waals surface area contributed by atoms with Gasteiger partial charge in [-0.3, -0.25) is 9.36 Å². The lowest BCUT2D eigenvalue weighted by Gasteiger charge is -2.41. The Morgan fingerprint density at radius 2 is 1.77 bits per heavy atom. The summed E-state index contributed by atoms with van der Waals surface area (Å²) in [5.74, 6) is 0.708. The third-order valence-corrected chi connectivity index (χ3v) is 7.79. The summed E-state index contributed by atoms with van der Waals surface area (Å²) >= 11 is 0. The van der Waals surface area contributed by atoms with Gasteiger partial charge >= 0.3 is 0 Å². The Kier molecular flexibility index (Phi) is 7.30. The van der Waals surface area contributed by atoms with Crippen LogP contribution in [0.1, 0.15) is 37.9 Å². The topological polar surface area (TPSA) is 94.8 Å². The number of alkyl halides is 2. The molecule has 2 aromatic heterocycles. The number of halogens is 2. The number of carbonyl (C=O) groups is 1. The van der Waals surface area contributed by atoms with Crippen molar-refractivity contribution in [2.45, 2.75) is 44.3 Å². The van der Waals surface area contributed by atoms with Crippen LogP contribution in [0.25, 0.3) is 16.9 Å². The Labute approximate surface area is 224 Å². The molecule has 0 spiro atoms. The van der Waals surface area contributed by atoms with Crippen molar-refractivity contribution >= 4 is 22.9 Å². The zero-order chi connectivity index (χ0) is 26.9. The lowest BCUT2D eigenvalue weighted by atomic mass is 9.85. The van der Waals surface area contributed by atoms with E-state index in [0.29, 0.717) is 56.4 Å². The van der Waals surface area contributed by atoms with Crippen molar-refractivity contribution in [2.24, 2.45) is 5.92 Å². The number of hydrogen-bond donors (Lipinski definition) is 0. The first-order chi connectivity index (χ1) is 19.0. The van der Waals surface area contributed by atoms with E-state index in [4.69, 9.17) is 14.2 Å². The van der Waals surface area contributed by atoms with Gasteiger partial charge in [-0.15, -0.1) is 0 Å². The summed E-state index contributed by atoms with van der Waals surface area (Å²) in [6.07, 6.45) is 0.683. The number of rotatable bonds is 7. The summed E-state index contributed by atoms with van der Waals surface area (Å²) in [6, 6.07) is 8.54. The van der Waals surface area contributed by atoms with Crippen LogP contribution in [0.3, 0.4) is 0 Å². The van der Waals surface area contributed by atoms with Crippen molar-refractivity contribution in [1.82, 2.24) is 24.4 Å². The molecule has 0 bridgehead atoms. The second-order valence-electron chi connectivity index (χ2n) is 10.3.